The van der Waals surface area contributed by atoms with Crippen LogP contribution in [0.15, 0.2) is 24.3 Å². The number of carbonyl (C=O) groups excluding carboxylic acids is 1. The van der Waals surface area contributed by atoms with Crippen molar-refractivity contribution in [2.24, 2.45) is 11.7 Å². The van der Waals surface area contributed by atoms with Gasteiger partial charge in [-0.15, -0.1) is 0 Å². The van der Waals surface area contributed by atoms with Crippen molar-refractivity contribution in [2.45, 2.75) is 25.4 Å². The lowest BCUT2D eigenvalue weighted by Gasteiger charge is -2.26. The molecule has 1 aliphatic rings. The van der Waals surface area contributed by atoms with Crippen LogP contribution in [0.5, 0.6) is 5.75 Å². The average Bonchev–Trinajstić information content (AvgIpc) is 2.53. The summed E-state index contributed by atoms with van der Waals surface area (Å²) in [5, 5.41) is 2.89. The molecular weight excluding hydrogens is 256 g/mol. The molecule has 5 nitrogen and oxygen atoms in total. The van der Waals surface area contributed by atoms with Crippen LogP contribution in [-0.4, -0.2) is 32.3 Å². The number of nitrogens with one attached hydrogen (secondary N) is 1. The summed E-state index contributed by atoms with van der Waals surface area (Å²) in [7, 11) is 1.63. The molecule has 1 aliphatic heterocycles. The first kappa shape index (κ1) is 14.8. The van der Waals surface area contributed by atoms with Crippen molar-refractivity contribution in [1.29, 1.82) is 0 Å². The van der Waals surface area contributed by atoms with Crippen molar-refractivity contribution in [1.82, 2.24) is 5.32 Å². The number of amides is 1. The fraction of sp³-hybridized carbons (Fsp3) is 0.533. The SMILES string of the molecule is COc1ccc(CNC(=O)C(N)C2CCOCC2)cc1. The highest BCUT2D eigenvalue weighted by atomic mass is 16.5. The van der Waals surface area contributed by atoms with Crippen LogP contribution < -0.4 is 15.8 Å². The maximum Gasteiger partial charge on any atom is 0.237 e. The second kappa shape index (κ2) is 7.26. The van der Waals surface area contributed by atoms with E-state index in [1.807, 2.05) is 24.3 Å². The molecule has 2 rings (SSSR count). The molecule has 1 aromatic rings. The standard InChI is InChI=1S/C15H22N2O3/c1-19-13-4-2-11(3-5-13)10-17-15(18)14(16)12-6-8-20-9-7-12/h2-5,12,14H,6-10,16H2,1H3,(H,17,18). The molecule has 20 heavy (non-hydrogen) atoms. The number of benzene rings is 1. The van der Waals surface area contributed by atoms with Crippen molar-refractivity contribution in [2.75, 3.05) is 20.3 Å². The van der Waals surface area contributed by atoms with E-state index in [0.29, 0.717) is 19.8 Å². The van der Waals surface area contributed by atoms with Crippen molar-refractivity contribution in [3.63, 3.8) is 0 Å². The van der Waals surface area contributed by atoms with Gasteiger partial charge in [0.1, 0.15) is 5.75 Å². The van der Waals surface area contributed by atoms with E-state index in [9.17, 15) is 4.79 Å². The number of methoxy groups -OCH3 is 1. The Balaban J connectivity index is 1.81. The molecule has 0 aromatic heterocycles. The smallest absolute Gasteiger partial charge is 0.237 e. The Morgan fingerprint density at radius 1 is 1.40 bits per heavy atom. The summed E-state index contributed by atoms with van der Waals surface area (Å²) in [5.74, 6) is 0.936. The molecule has 0 saturated carbocycles. The zero-order valence-corrected chi connectivity index (χ0v) is 11.8. The Bertz CT molecular complexity index is 427. The Morgan fingerprint density at radius 2 is 2.05 bits per heavy atom. The van der Waals surface area contributed by atoms with Crippen molar-refractivity contribution >= 4 is 5.91 Å². The molecule has 1 saturated heterocycles. The van der Waals surface area contributed by atoms with E-state index in [0.717, 1.165) is 24.2 Å². The molecule has 0 spiro atoms. The number of ether oxygens (including phenoxy) is 2. The summed E-state index contributed by atoms with van der Waals surface area (Å²) >= 11 is 0. The molecule has 110 valence electrons. The summed E-state index contributed by atoms with van der Waals surface area (Å²) in [4.78, 5) is 12.0. The molecule has 1 aromatic carbocycles. The van der Waals surface area contributed by atoms with E-state index >= 15 is 0 Å². The zero-order valence-electron chi connectivity index (χ0n) is 11.8. The fourth-order valence-electron chi connectivity index (χ4n) is 2.34. The van der Waals surface area contributed by atoms with Crippen LogP contribution in [0.3, 0.4) is 0 Å². The Labute approximate surface area is 119 Å². The monoisotopic (exact) mass is 278 g/mol. The van der Waals surface area contributed by atoms with Gasteiger partial charge in [0.05, 0.1) is 13.2 Å². The predicted octanol–water partition coefficient (Wildman–Crippen LogP) is 1.07. The van der Waals surface area contributed by atoms with Gasteiger partial charge in [0.25, 0.3) is 0 Å². The predicted molar refractivity (Wildman–Crippen MR) is 76.4 cm³/mol. The summed E-state index contributed by atoms with van der Waals surface area (Å²) in [5.41, 5.74) is 7.04. The van der Waals surface area contributed by atoms with E-state index in [1.54, 1.807) is 7.11 Å². The molecule has 1 unspecified atom stereocenters. The van der Waals surface area contributed by atoms with Gasteiger partial charge in [-0.05, 0) is 36.5 Å². The van der Waals surface area contributed by atoms with Crippen molar-refractivity contribution < 1.29 is 14.3 Å². The van der Waals surface area contributed by atoms with E-state index in [-0.39, 0.29) is 11.8 Å². The van der Waals surface area contributed by atoms with Gasteiger partial charge in [-0.1, -0.05) is 12.1 Å². The van der Waals surface area contributed by atoms with Crippen LogP contribution in [0.2, 0.25) is 0 Å². The van der Waals surface area contributed by atoms with Gasteiger partial charge >= 0.3 is 0 Å². The van der Waals surface area contributed by atoms with Gasteiger partial charge in [0, 0.05) is 19.8 Å². The highest BCUT2D eigenvalue weighted by molar-refractivity contribution is 5.81. The maximum absolute atomic E-state index is 12.0. The average molecular weight is 278 g/mol. The van der Waals surface area contributed by atoms with Gasteiger partial charge < -0.3 is 20.5 Å². The van der Waals surface area contributed by atoms with Crippen LogP contribution in [0, 0.1) is 5.92 Å². The minimum atomic E-state index is -0.447. The number of carbonyl (C=O) groups is 1. The molecule has 1 amide bonds. The zero-order chi connectivity index (χ0) is 14.4. The third-order valence-corrected chi connectivity index (χ3v) is 3.70. The molecule has 0 radical (unpaired) electrons. The normalized spacial score (nSPS) is 17.5. The number of nitrogens with two attached hydrogens (primary N) is 1. The lowest BCUT2D eigenvalue weighted by Crippen LogP contribution is -2.46. The van der Waals surface area contributed by atoms with Crippen LogP contribution in [0.1, 0.15) is 18.4 Å². The second-order valence-electron chi connectivity index (χ2n) is 5.04. The topological polar surface area (TPSA) is 73.6 Å². The number of rotatable bonds is 5. The minimum Gasteiger partial charge on any atom is -0.497 e. The van der Waals surface area contributed by atoms with Gasteiger partial charge in [-0.3, -0.25) is 4.79 Å². The molecule has 5 heteroatoms. The van der Waals surface area contributed by atoms with Crippen LogP contribution >= 0.6 is 0 Å². The summed E-state index contributed by atoms with van der Waals surface area (Å²) in [6.45, 7) is 1.88. The first-order valence-corrected chi connectivity index (χ1v) is 6.94. The van der Waals surface area contributed by atoms with Crippen molar-refractivity contribution in [3.8, 4) is 5.75 Å². The first-order chi connectivity index (χ1) is 9.70. The molecular formula is C15H22N2O3. The lowest BCUT2D eigenvalue weighted by molar-refractivity contribution is -0.124. The maximum atomic E-state index is 12.0. The Morgan fingerprint density at radius 3 is 2.65 bits per heavy atom. The highest BCUT2D eigenvalue weighted by Crippen LogP contribution is 2.17. The van der Waals surface area contributed by atoms with E-state index in [2.05, 4.69) is 5.32 Å². The molecule has 1 heterocycles. The first-order valence-electron chi connectivity index (χ1n) is 6.94. The van der Waals surface area contributed by atoms with Gasteiger partial charge in [0.15, 0.2) is 0 Å². The quantitative estimate of drug-likeness (QED) is 0.845. The molecule has 1 fully saturated rings. The largest absolute Gasteiger partial charge is 0.497 e. The van der Waals surface area contributed by atoms with E-state index in [1.165, 1.54) is 0 Å². The summed E-state index contributed by atoms with van der Waals surface area (Å²) < 4.78 is 10.4. The third-order valence-electron chi connectivity index (χ3n) is 3.70. The summed E-state index contributed by atoms with van der Waals surface area (Å²) in [6, 6.07) is 7.16. The molecule has 3 N–H and O–H groups in total. The molecule has 1 atom stereocenters. The van der Waals surface area contributed by atoms with Crippen LogP contribution in [-0.2, 0) is 16.1 Å². The van der Waals surface area contributed by atoms with Crippen molar-refractivity contribution in [3.05, 3.63) is 29.8 Å². The fourth-order valence-corrected chi connectivity index (χ4v) is 2.34. The minimum absolute atomic E-state index is 0.0901. The number of hydrogen-bond acceptors (Lipinski definition) is 4. The van der Waals surface area contributed by atoms with Crippen LogP contribution in [0.4, 0.5) is 0 Å². The summed E-state index contributed by atoms with van der Waals surface area (Å²) in [6.07, 6.45) is 1.72. The van der Waals surface area contributed by atoms with Gasteiger partial charge in [0.2, 0.25) is 5.91 Å². The van der Waals surface area contributed by atoms with E-state index < -0.39 is 6.04 Å². The molecule has 0 bridgehead atoms. The Hall–Kier alpha value is -1.59. The Kier molecular flexibility index (Phi) is 5.38. The lowest BCUT2D eigenvalue weighted by atomic mass is 9.92. The third kappa shape index (κ3) is 3.95. The second-order valence-corrected chi connectivity index (χ2v) is 5.04. The van der Waals surface area contributed by atoms with Crippen LogP contribution in [0.25, 0.3) is 0 Å². The number of hydrogen-bond donors (Lipinski definition) is 2. The molecule has 0 aliphatic carbocycles. The highest BCUT2D eigenvalue weighted by Gasteiger charge is 2.26. The van der Waals surface area contributed by atoms with E-state index in [4.69, 9.17) is 15.2 Å². The van der Waals surface area contributed by atoms with Gasteiger partial charge in [-0.2, -0.15) is 0 Å². The van der Waals surface area contributed by atoms with Gasteiger partial charge in [-0.25, -0.2) is 0 Å².